The first kappa shape index (κ1) is 20.6. The number of aliphatic imine (C=N–C) groups is 1. The number of hydrogen-bond donors (Lipinski definition) is 1. The van der Waals surface area contributed by atoms with Gasteiger partial charge < -0.3 is 20.3 Å². The average Bonchev–Trinajstić information content (AvgIpc) is 2.79. The molecule has 5 nitrogen and oxygen atoms in total. The van der Waals surface area contributed by atoms with Gasteiger partial charge in [-0.15, -0.1) is 0 Å². The summed E-state index contributed by atoms with van der Waals surface area (Å²) in [7, 11) is 0. The number of hydrogen-bond acceptors (Lipinski definition) is 3. The Morgan fingerprint density at radius 3 is 2.07 bits per heavy atom. The molecular weight excluding hydrogens is 386 g/mol. The van der Waals surface area contributed by atoms with Crippen molar-refractivity contribution in [1.29, 1.82) is 0 Å². The number of guanidine groups is 1. The molecule has 2 N–H and O–H groups in total. The fourth-order valence-electron chi connectivity index (χ4n) is 4.28. The summed E-state index contributed by atoms with van der Waals surface area (Å²) >= 11 is 0. The minimum absolute atomic E-state index is 0.174. The number of piperazine rings is 1. The van der Waals surface area contributed by atoms with Gasteiger partial charge in [0.25, 0.3) is 0 Å². The zero-order chi connectivity index (χ0) is 21.0. The molecule has 0 saturated carbocycles. The van der Waals surface area contributed by atoms with Crippen molar-refractivity contribution in [1.82, 2.24) is 4.90 Å². The number of ether oxygens (including phenoxy) is 1. The lowest BCUT2D eigenvalue weighted by Gasteiger charge is -2.38. The SMILES string of the molecule is NC(=NCC1(c2ccc(F)cc2)CCOCC1)N1CCN(c2ccc(F)cc2)CC1. The molecule has 4 rings (SSSR count). The summed E-state index contributed by atoms with van der Waals surface area (Å²) in [6.07, 6.45) is 1.68. The second kappa shape index (κ2) is 9.00. The largest absolute Gasteiger partial charge is 0.381 e. The lowest BCUT2D eigenvalue weighted by Crippen LogP contribution is -2.51. The van der Waals surface area contributed by atoms with E-state index in [2.05, 4.69) is 9.80 Å². The maximum Gasteiger partial charge on any atom is 0.191 e. The Morgan fingerprint density at radius 1 is 0.900 bits per heavy atom. The van der Waals surface area contributed by atoms with E-state index in [1.807, 2.05) is 12.1 Å². The van der Waals surface area contributed by atoms with Crippen molar-refractivity contribution in [3.05, 3.63) is 65.7 Å². The summed E-state index contributed by atoms with van der Waals surface area (Å²) < 4.78 is 32.1. The molecule has 0 aromatic heterocycles. The Labute approximate surface area is 176 Å². The van der Waals surface area contributed by atoms with Crippen LogP contribution in [0.4, 0.5) is 14.5 Å². The molecule has 2 aromatic rings. The molecule has 2 saturated heterocycles. The van der Waals surface area contributed by atoms with Crippen molar-refractivity contribution < 1.29 is 13.5 Å². The number of nitrogens with zero attached hydrogens (tertiary/aromatic N) is 3. The van der Waals surface area contributed by atoms with Crippen molar-refractivity contribution >= 4 is 11.6 Å². The van der Waals surface area contributed by atoms with Crippen LogP contribution in [-0.2, 0) is 10.2 Å². The van der Waals surface area contributed by atoms with Crippen LogP contribution in [0.5, 0.6) is 0 Å². The first-order chi connectivity index (χ1) is 14.6. The molecule has 0 unspecified atom stereocenters. The van der Waals surface area contributed by atoms with Crippen LogP contribution >= 0.6 is 0 Å². The van der Waals surface area contributed by atoms with Crippen LogP contribution in [0.25, 0.3) is 0 Å². The van der Waals surface area contributed by atoms with Gasteiger partial charge in [0, 0.05) is 50.5 Å². The quantitative estimate of drug-likeness (QED) is 0.617. The molecular formula is C23H28F2N4O. The lowest BCUT2D eigenvalue weighted by molar-refractivity contribution is 0.0530. The normalized spacial score (nSPS) is 19.7. The molecule has 0 atom stereocenters. The lowest BCUT2D eigenvalue weighted by atomic mass is 9.74. The summed E-state index contributed by atoms with van der Waals surface area (Å²) in [4.78, 5) is 9.07. The van der Waals surface area contributed by atoms with Crippen LogP contribution in [0.3, 0.4) is 0 Å². The van der Waals surface area contributed by atoms with E-state index in [9.17, 15) is 8.78 Å². The molecule has 2 aliphatic heterocycles. The van der Waals surface area contributed by atoms with Crippen LogP contribution in [0.1, 0.15) is 18.4 Å². The van der Waals surface area contributed by atoms with E-state index >= 15 is 0 Å². The Balaban J connectivity index is 1.41. The summed E-state index contributed by atoms with van der Waals surface area (Å²) in [6, 6.07) is 13.3. The highest BCUT2D eigenvalue weighted by atomic mass is 19.1. The monoisotopic (exact) mass is 414 g/mol. The molecule has 0 amide bonds. The van der Waals surface area contributed by atoms with Crippen molar-refractivity contribution in [2.24, 2.45) is 10.7 Å². The van der Waals surface area contributed by atoms with Crippen LogP contribution < -0.4 is 10.6 Å². The fourth-order valence-corrected chi connectivity index (χ4v) is 4.28. The van der Waals surface area contributed by atoms with Gasteiger partial charge in [0.1, 0.15) is 11.6 Å². The van der Waals surface area contributed by atoms with E-state index in [1.165, 1.54) is 24.3 Å². The zero-order valence-electron chi connectivity index (χ0n) is 17.1. The molecule has 2 aromatic carbocycles. The van der Waals surface area contributed by atoms with Gasteiger partial charge in [-0.3, -0.25) is 4.99 Å². The fraction of sp³-hybridized carbons (Fsp3) is 0.435. The second-order valence-electron chi connectivity index (χ2n) is 8.02. The van der Waals surface area contributed by atoms with Gasteiger partial charge in [-0.05, 0) is 54.8 Å². The van der Waals surface area contributed by atoms with Crippen LogP contribution in [-0.4, -0.2) is 56.8 Å². The Hall–Kier alpha value is -2.67. The minimum Gasteiger partial charge on any atom is -0.381 e. The second-order valence-corrected chi connectivity index (χ2v) is 8.02. The van der Waals surface area contributed by atoms with E-state index < -0.39 is 0 Å². The van der Waals surface area contributed by atoms with Crippen LogP contribution in [0.15, 0.2) is 53.5 Å². The standard InChI is InChI=1S/C23H28F2N4O/c24-19-3-1-18(2-4-19)23(9-15-30-16-10-23)17-27-22(26)29-13-11-28(12-14-29)21-7-5-20(25)6-8-21/h1-8H,9-17H2,(H2,26,27). The third-order valence-electron chi connectivity index (χ3n) is 6.25. The molecule has 160 valence electrons. The van der Waals surface area contributed by atoms with Gasteiger partial charge in [0.2, 0.25) is 0 Å². The summed E-state index contributed by atoms with van der Waals surface area (Å²) in [5, 5.41) is 0. The van der Waals surface area contributed by atoms with E-state index in [-0.39, 0.29) is 17.0 Å². The third kappa shape index (κ3) is 4.56. The average molecular weight is 415 g/mol. The molecule has 0 radical (unpaired) electrons. The van der Waals surface area contributed by atoms with Crippen molar-refractivity contribution in [3.8, 4) is 0 Å². The predicted octanol–water partition coefficient (Wildman–Crippen LogP) is 3.15. The Kier molecular flexibility index (Phi) is 6.18. The number of anilines is 1. The van der Waals surface area contributed by atoms with Gasteiger partial charge in [-0.2, -0.15) is 0 Å². The Bertz CT molecular complexity index is 856. The van der Waals surface area contributed by atoms with E-state index in [1.54, 1.807) is 12.1 Å². The van der Waals surface area contributed by atoms with Gasteiger partial charge >= 0.3 is 0 Å². The van der Waals surface area contributed by atoms with Gasteiger partial charge in [-0.25, -0.2) is 8.78 Å². The molecule has 0 bridgehead atoms. The predicted molar refractivity (Wildman–Crippen MR) is 115 cm³/mol. The molecule has 0 spiro atoms. The number of rotatable bonds is 4. The van der Waals surface area contributed by atoms with E-state index in [0.29, 0.717) is 25.7 Å². The minimum atomic E-state index is -0.233. The van der Waals surface area contributed by atoms with Crippen LogP contribution in [0.2, 0.25) is 0 Å². The topological polar surface area (TPSA) is 54.1 Å². The van der Waals surface area contributed by atoms with Crippen molar-refractivity contribution in [2.75, 3.05) is 50.8 Å². The molecule has 2 heterocycles. The molecule has 2 aliphatic rings. The highest BCUT2D eigenvalue weighted by molar-refractivity contribution is 5.78. The molecule has 2 fully saturated rings. The van der Waals surface area contributed by atoms with Gasteiger partial charge in [0.05, 0.1) is 6.54 Å². The first-order valence-electron chi connectivity index (χ1n) is 10.4. The van der Waals surface area contributed by atoms with Crippen molar-refractivity contribution in [3.63, 3.8) is 0 Å². The summed E-state index contributed by atoms with van der Waals surface area (Å²) in [6.45, 7) is 5.04. The zero-order valence-corrected chi connectivity index (χ0v) is 17.1. The van der Waals surface area contributed by atoms with Gasteiger partial charge in [0.15, 0.2) is 5.96 Å². The maximum atomic E-state index is 13.4. The first-order valence-corrected chi connectivity index (χ1v) is 10.4. The highest BCUT2D eigenvalue weighted by Gasteiger charge is 2.34. The molecule has 0 aliphatic carbocycles. The smallest absolute Gasteiger partial charge is 0.191 e. The van der Waals surface area contributed by atoms with Gasteiger partial charge in [-0.1, -0.05) is 12.1 Å². The maximum absolute atomic E-state index is 13.4. The van der Waals surface area contributed by atoms with E-state index in [0.717, 1.165) is 50.3 Å². The third-order valence-corrected chi connectivity index (χ3v) is 6.25. The van der Waals surface area contributed by atoms with Crippen molar-refractivity contribution in [2.45, 2.75) is 18.3 Å². The number of nitrogens with two attached hydrogens (primary N) is 1. The van der Waals surface area contributed by atoms with E-state index in [4.69, 9.17) is 15.5 Å². The summed E-state index contributed by atoms with van der Waals surface area (Å²) in [5.41, 5.74) is 8.28. The van der Waals surface area contributed by atoms with Crippen LogP contribution in [0, 0.1) is 11.6 Å². The molecule has 7 heteroatoms. The molecule has 30 heavy (non-hydrogen) atoms. The highest BCUT2D eigenvalue weighted by Crippen LogP contribution is 2.35. The Morgan fingerprint density at radius 2 is 1.47 bits per heavy atom. The number of halogens is 2. The summed E-state index contributed by atoms with van der Waals surface area (Å²) in [5.74, 6) is 0.0849. The number of benzene rings is 2.